The maximum atomic E-state index is 12.3. The number of carbonyl (C=O) groups is 1. The van der Waals surface area contributed by atoms with Crippen molar-refractivity contribution in [2.45, 2.75) is 20.8 Å². The first kappa shape index (κ1) is 15.9. The van der Waals surface area contributed by atoms with Gasteiger partial charge in [0.15, 0.2) is 5.78 Å². The third-order valence-electron chi connectivity index (χ3n) is 3.24. The van der Waals surface area contributed by atoms with E-state index in [0.717, 1.165) is 38.4 Å². The van der Waals surface area contributed by atoms with Gasteiger partial charge < -0.3 is 9.64 Å². The first-order valence-corrected chi connectivity index (χ1v) is 7.08. The van der Waals surface area contributed by atoms with E-state index >= 15 is 0 Å². The van der Waals surface area contributed by atoms with E-state index in [-0.39, 0.29) is 11.7 Å². The number of Topliss-reactive ketones (excluding diaryl/α,β-unsaturated/α-hetero) is 1. The molecule has 1 unspecified atom stereocenters. The first-order valence-electron chi connectivity index (χ1n) is 7.08. The van der Waals surface area contributed by atoms with Gasteiger partial charge in [0.05, 0.1) is 6.61 Å². The Labute approximate surface area is 116 Å². The number of hydrogen-bond donors (Lipinski definition) is 0. The van der Waals surface area contributed by atoms with Gasteiger partial charge in [-0.15, -0.1) is 0 Å². The molecular formula is C16H25NO2. The van der Waals surface area contributed by atoms with Gasteiger partial charge >= 0.3 is 0 Å². The van der Waals surface area contributed by atoms with E-state index in [1.807, 2.05) is 44.2 Å². The predicted octanol–water partition coefficient (Wildman–Crippen LogP) is 2.86. The van der Waals surface area contributed by atoms with Crippen molar-refractivity contribution in [1.29, 1.82) is 0 Å². The number of hydrogen-bond acceptors (Lipinski definition) is 3. The number of ether oxygens (including phenoxy) is 1. The second kappa shape index (κ2) is 8.83. The van der Waals surface area contributed by atoms with E-state index in [0.29, 0.717) is 0 Å². The number of benzene rings is 1. The first-order chi connectivity index (χ1) is 9.19. The Balaban J connectivity index is 2.48. The molecule has 0 spiro atoms. The van der Waals surface area contributed by atoms with Gasteiger partial charge in [-0.2, -0.15) is 0 Å². The molecule has 0 fully saturated rings. The van der Waals surface area contributed by atoms with Gasteiger partial charge in [-0.3, -0.25) is 4.79 Å². The highest BCUT2D eigenvalue weighted by Crippen LogP contribution is 2.10. The highest BCUT2D eigenvalue weighted by Gasteiger charge is 2.17. The van der Waals surface area contributed by atoms with Crippen LogP contribution in [0.15, 0.2) is 30.3 Å². The molecule has 0 heterocycles. The van der Waals surface area contributed by atoms with Gasteiger partial charge in [-0.1, -0.05) is 44.2 Å². The van der Waals surface area contributed by atoms with Gasteiger partial charge in [-0.05, 0) is 13.5 Å². The number of ketones is 1. The normalized spacial score (nSPS) is 12.6. The minimum absolute atomic E-state index is 0.0176. The standard InChI is InChI=1S/C16H25NO2/c1-4-17(11-12-19-5-2)13-14(3)16(18)15-9-7-6-8-10-15/h6-10,14H,4-5,11-13H2,1-3H3. The van der Waals surface area contributed by atoms with Crippen LogP contribution < -0.4 is 0 Å². The van der Waals surface area contributed by atoms with E-state index in [1.165, 1.54) is 0 Å². The van der Waals surface area contributed by atoms with Crippen LogP contribution >= 0.6 is 0 Å². The van der Waals surface area contributed by atoms with Crippen LogP contribution in [0.25, 0.3) is 0 Å². The molecule has 0 bridgehead atoms. The second-order valence-corrected chi connectivity index (χ2v) is 4.72. The maximum absolute atomic E-state index is 12.3. The fourth-order valence-electron chi connectivity index (χ4n) is 2.07. The quantitative estimate of drug-likeness (QED) is 0.507. The van der Waals surface area contributed by atoms with E-state index < -0.39 is 0 Å². The summed E-state index contributed by atoms with van der Waals surface area (Å²) in [4.78, 5) is 14.5. The summed E-state index contributed by atoms with van der Waals surface area (Å²) >= 11 is 0. The molecule has 1 aromatic rings. The number of nitrogens with zero attached hydrogens (tertiary/aromatic N) is 1. The zero-order chi connectivity index (χ0) is 14.1. The molecular weight excluding hydrogens is 238 g/mol. The fourth-order valence-corrected chi connectivity index (χ4v) is 2.07. The molecule has 19 heavy (non-hydrogen) atoms. The lowest BCUT2D eigenvalue weighted by Crippen LogP contribution is -2.34. The van der Waals surface area contributed by atoms with Crippen molar-refractivity contribution in [2.24, 2.45) is 5.92 Å². The topological polar surface area (TPSA) is 29.5 Å². The van der Waals surface area contributed by atoms with Crippen LogP contribution in [0.1, 0.15) is 31.1 Å². The van der Waals surface area contributed by atoms with Crippen molar-refractivity contribution in [1.82, 2.24) is 4.90 Å². The van der Waals surface area contributed by atoms with Crippen LogP contribution in [0, 0.1) is 5.92 Å². The summed E-state index contributed by atoms with van der Waals surface area (Å²) in [6, 6.07) is 9.52. The Kier molecular flexibility index (Phi) is 7.38. The number of carbonyl (C=O) groups excluding carboxylic acids is 1. The summed E-state index contributed by atoms with van der Waals surface area (Å²) in [5, 5.41) is 0. The van der Waals surface area contributed by atoms with Crippen molar-refractivity contribution in [3.63, 3.8) is 0 Å². The van der Waals surface area contributed by atoms with Crippen LogP contribution in [0.2, 0.25) is 0 Å². The molecule has 106 valence electrons. The van der Waals surface area contributed by atoms with Gasteiger partial charge in [0.2, 0.25) is 0 Å². The van der Waals surface area contributed by atoms with E-state index in [4.69, 9.17) is 4.74 Å². The maximum Gasteiger partial charge on any atom is 0.166 e. The van der Waals surface area contributed by atoms with Crippen molar-refractivity contribution in [2.75, 3.05) is 32.8 Å². The molecule has 0 aliphatic heterocycles. The molecule has 0 radical (unpaired) electrons. The average molecular weight is 263 g/mol. The molecule has 0 N–H and O–H groups in total. The largest absolute Gasteiger partial charge is 0.380 e. The van der Waals surface area contributed by atoms with Crippen LogP contribution in [-0.4, -0.2) is 43.5 Å². The molecule has 0 aliphatic carbocycles. The van der Waals surface area contributed by atoms with Crippen molar-refractivity contribution in [3.8, 4) is 0 Å². The zero-order valence-corrected chi connectivity index (χ0v) is 12.3. The molecule has 0 aliphatic rings. The second-order valence-electron chi connectivity index (χ2n) is 4.72. The Morgan fingerprint density at radius 3 is 2.53 bits per heavy atom. The summed E-state index contributed by atoms with van der Waals surface area (Å²) in [7, 11) is 0. The lowest BCUT2D eigenvalue weighted by molar-refractivity contribution is 0.0845. The molecule has 1 rings (SSSR count). The monoisotopic (exact) mass is 263 g/mol. The summed E-state index contributed by atoms with van der Waals surface area (Å²) < 4.78 is 5.37. The third-order valence-corrected chi connectivity index (χ3v) is 3.24. The fraction of sp³-hybridized carbons (Fsp3) is 0.562. The van der Waals surface area contributed by atoms with Crippen molar-refractivity contribution < 1.29 is 9.53 Å². The summed E-state index contributed by atoms with van der Waals surface area (Å²) in [5.41, 5.74) is 0.802. The lowest BCUT2D eigenvalue weighted by atomic mass is 9.99. The third kappa shape index (κ3) is 5.53. The molecule has 0 saturated carbocycles. The van der Waals surface area contributed by atoms with Gasteiger partial charge in [-0.25, -0.2) is 0 Å². The number of rotatable bonds is 9. The predicted molar refractivity (Wildman–Crippen MR) is 78.5 cm³/mol. The average Bonchev–Trinajstić information content (AvgIpc) is 2.46. The highest BCUT2D eigenvalue weighted by atomic mass is 16.5. The smallest absolute Gasteiger partial charge is 0.166 e. The molecule has 3 heteroatoms. The Morgan fingerprint density at radius 2 is 1.95 bits per heavy atom. The summed E-state index contributed by atoms with van der Waals surface area (Å²) in [6.45, 7) is 10.2. The van der Waals surface area contributed by atoms with Gasteiger partial charge in [0.1, 0.15) is 0 Å². The molecule has 0 amide bonds. The Bertz CT molecular complexity index is 364. The van der Waals surface area contributed by atoms with E-state index in [9.17, 15) is 4.79 Å². The molecule has 0 saturated heterocycles. The van der Waals surface area contributed by atoms with Gasteiger partial charge in [0, 0.05) is 31.2 Å². The van der Waals surface area contributed by atoms with Crippen molar-refractivity contribution in [3.05, 3.63) is 35.9 Å². The molecule has 1 atom stereocenters. The van der Waals surface area contributed by atoms with Crippen LogP contribution in [0.5, 0.6) is 0 Å². The minimum Gasteiger partial charge on any atom is -0.380 e. The molecule has 1 aromatic carbocycles. The van der Waals surface area contributed by atoms with Crippen LogP contribution in [0.3, 0.4) is 0 Å². The highest BCUT2D eigenvalue weighted by molar-refractivity contribution is 5.97. The van der Waals surface area contributed by atoms with E-state index in [1.54, 1.807) is 0 Å². The minimum atomic E-state index is 0.0176. The van der Waals surface area contributed by atoms with Crippen molar-refractivity contribution >= 4 is 5.78 Å². The van der Waals surface area contributed by atoms with E-state index in [2.05, 4.69) is 11.8 Å². The molecule has 3 nitrogen and oxygen atoms in total. The molecule has 0 aromatic heterocycles. The van der Waals surface area contributed by atoms with Crippen LogP contribution in [-0.2, 0) is 4.74 Å². The SMILES string of the molecule is CCOCCN(CC)CC(C)C(=O)c1ccccc1. The summed E-state index contributed by atoms with van der Waals surface area (Å²) in [5.74, 6) is 0.236. The van der Waals surface area contributed by atoms with Gasteiger partial charge in [0.25, 0.3) is 0 Å². The zero-order valence-electron chi connectivity index (χ0n) is 12.3. The van der Waals surface area contributed by atoms with Crippen LogP contribution in [0.4, 0.5) is 0 Å². The number of likely N-dealkylation sites (N-methyl/N-ethyl adjacent to an activating group) is 1. The Hall–Kier alpha value is -1.19. The lowest BCUT2D eigenvalue weighted by Gasteiger charge is -2.23. The Morgan fingerprint density at radius 1 is 1.26 bits per heavy atom. The summed E-state index contributed by atoms with van der Waals surface area (Å²) in [6.07, 6.45) is 0.